The number of rotatable bonds is 5. The Balaban J connectivity index is 1.62. The number of aromatic nitrogens is 4. The van der Waals surface area contributed by atoms with Crippen molar-refractivity contribution in [3.63, 3.8) is 0 Å². The van der Waals surface area contributed by atoms with Crippen molar-refractivity contribution in [1.29, 1.82) is 5.26 Å². The number of nitrogens with one attached hydrogen (secondary N) is 2. The minimum Gasteiger partial charge on any atom is -0.456 e. The summed E-state index contributed by atoms with van der Waals surface area (Å²) in [4.78, 5) is 32.1. The molecule has 0 bridgehead atoms. The second-order valence-electron chi connectivity index (χ2n) is 6.91. The molecule has 3 heterocycles. The molecule has 2 N–H and O–H groups in total. The maximum absolute atomic E-state index is 11.9. The number of carbonyl (C=O) groups is 2. The van der Waals surface area contributed by atoms with Crippen LogP contribution in [-0.2, 0) is 11.8 Å². The monoisotopic (exact) mass is 405 g/mol. The number of aryl methyl sites for hydroxylation is 1. The van der Waals surface area contributed by atoms with Gasteiger partial charge in [0.2, 0.25) is 5.91 Å². The van der Waals surface area contributed by atoms with E-state index in [0.29, 0.717) is 17.2 Å². The Morgan fingerprint density at radius 2 is 1.97 bits per heavy atom. The minimum atomic E-state index is -1.32. The van der Waals surface area contributed by atoms with E-state index in [1.165, 1.54) is 26.1 Å². The molecule has 3 aromatic heterocycles. The lowest BCUT2D eigenvalue weighted by atomic mass is 9.95. The zero-order valence-electron chi connectivity index (χ0n) is 16.6. The van der Waals surface area contributed by atoms with Crippen LogP contribution in [0.15, 0.2) is 49.1 Å². The molecule has 0 aliphatic rings. The Bertz CT molecular complexity index is 1110. The van der Waals surface area contributed by atoms with Gasteiger partial charge < -0.3 is 4.74 Å². The van der Waals surface area contributed by atoms with E-state index in [1.807, 2.05) is 19.3 Å². The largest absolute Gasteiger partial charge is 0.456 e. The number of amides is 3. The van der Waals surface area contributed by atoms with Gasteiger partial charge in [0.25, 0.3) is 0 Å². The molecule has 30 heavy (non-hydrogen) atoms. The smallest absolute Gasteiger partial charge is 0.327 e. The highest BCUT2D eigenvalue weighted by Gasteiger charge is 2.28. The van der Waals surface area contributed by atoms with Gasteiger partial charge in [-0.3, -0.25) is 25.1 Å². The van der Waals surface area contributed by atoms with Crippen LogP contribution in [0, 0.1) is 16.7 Å². The molecule has 10 heteroatoms. The first kappa shape index (κ1) is 20.5. The predicted octanol–water partition coefficient (Wildman–Crippen LogP) is 2.87. The lowest BCUT2D eigenvalue weighted by Crippen LogP contribution is -2.42. The van der Waals surface area contributed by atoms with Gasteiger partial charge in [0, 0.05) is 31.1 Å². The molecule has 0 spiro atoms. The average Bonchev–Trinajstić information content (AvgIpc) is 3.16. The van der Waals surface area contributed by atoms with Gasteiger partial charge in [-0.05, 0) is 32.0 Å². The number of imide groups is 1. The summed E-state index contributed by atoms with van der Waals surface area (Å²) in [5, 5.41) is 17.6. The van der Waals surface area contributed by atoms with Crippen LogP contribution >= 0.6 is 0 Å². The fourth-order valence-corrected chi connectivity index (χ4v) is 2.29. The van der Waals surface area contributed by atoms with E-state index in [1.54, 1.807) is 35.3 Å². The van der Waals surface area contributed by atoms with Crippen LogP contribution in [0.2, 0.25) is 0 Å². The standard InChI is InChI=1S/C20H19N7O3/c1-20(2,12-21)18(28)26-19(29)25-17-5-4-15(10-23-17)30-14-6-7-22-16(8-14)13-9-24-27(3)11-13/h4-11H,1-3H3,(H2,23,25,26,28,29). The average molecular weight is 405 g/mol. The summed E-state index contributed by atoms with van der Waals surface area (Å²) in [5.74, 6) is 0.525. The van der Waals surface area contributed by atoms with E-state index in [2.05, 4.69) is 25.7 Å². The molecule has 3 aromatic rings. The van der Waals surface area contributed by atoms with Crippen molar-refractivity contribution in [3.8, 4) is 28.8 Å². The summed E-state index contributed by atoms with van der Waals surface area (Å²) in [5.41, 5.74) is 0.260. The van der Waals surface area contributed by atoms with Crippen molar-refractivity contribution < 1.29 is 14.3 Å². The summed E-state index contributed by atoms with van der Waals surface area (Å²) >= 11 is 0. The first-order chi connectivity index (χ1) is 14.3. The Labute approximate surface area is 172 Å². The number of pyridine rings is 2. The number of urea groups is 1. The van der Waals surface area contributed by atoms with Crippen molar-refractivity contribution in [2.45, 2.75) is 13.8 Å². The van der Waals surface area contributed by atoms with Crippen LogP contribution in [0.4, 0.5) is 10.6 Å². The number of carbonyl (C=O) groups excluding carboxylic acids is 2. The van der Waals surface area contributed by atoms with E-state index in [4.69, 9.17) is 10.00 Å². The number of nitriles is 1. The molecule has 10 nitrogen and oxygen atoms in total. The Hall–Kier alpha value is -4.26. The third-order valence-corrected chi connectivity index (χ3v) is 4.02. The number of hydrogen-bond acceptors (Lipinski definition) is 7. The molecule has 0 aliphatic heterocycles. The van der Waals surface area contributed by atoms with Crippen LogP contribution in [0.25, 0.3) is 11.3 Å². The molecular formula is C20H19N7O3. The van der Waals surface area contributed by atoms with E-state index in [-0.39, 0.29) is 5.82 Å². The van der Waals surface area contributed by atoms with Crippen LogP contribution in [0.1, 0.15) is 13.8 Å². The van der Waals surface area contributed by atoms with Gasteiger partial charge >= 0.3 is 6.03 Å². The second-order valence-corrected chi connectivity index (χ2v) is 6.91. The molecule has 0 saturated heterocycles. The quantitative estimate of drug-likeness (QED) is 0.666. The zero-order valence-corrected chi connectivity index (χ0v) is 16.6. The van der Waals surface area contributed by atoms with Gasteiger partial charge in [-0.1, -0.05) is 0 Å². The van der Waals surface area contributed by atoms with Gasteiger partial charge in [0.15, 0.2) is 0 Å². The normalized spacial score (nSPS) is 10.7. The highest BCUT2D eigenvalue weighted by Crippen LogP contribution is 2.25. The van der Waals surface area contributed by atoms with Crippen molar-refractivity contribution in [1.82, 2.24) is 25.1 Å². The van der Waals surface area contributed by atoms with Gasteiger partial charge in [0.05, 0.1) is 24.2 Å². The molecule has 152 valence electrons. The maximum Gasteiger partial charge on any atom is 0.327 e. The topological polar surface area (TPSA) is 135 Å². The fourth-order valence-electron chi connectivity index (χ4n) is 2.29. The van der Waals surface area contributed by atoms with E-state index >= 15 is 0 Å². The third kappa shape index (κ3) is 4.96. The number of nitrogens with zero attached hydrogens (tertiary/aromatic N) is 5. The molecule has 0 unspecified atom stereocenters. The fraction of sp³-hybridized carbons (Fsp3) is 0.200. The molecule has 3 amide bonds. The van der Waals surface area contributed by atoms with Crippen molar-refractivity contribution in [2.75, 3.05) is 5.32 Å². The SMILES string of the molecule is Cn1cc(-c2cc(Oc3ccc(NC(=O)NC(=O)C(C)(C)C#N)nc3)ccn2)cn1. The first-order valence-corrected chi connectivity index (χ1v) is 8.89. The van der Waals surface area contributed by atoms with E-state index < -0.39 is 17.4 Å². The lowest BCUT2D eigenvalue weighted by molar-refractivity contribution is -0.125. The molecule has 0 aromatic carbocycles. The van der Waals surface area contributed by atoms with Gasteiger partial charge in [-0.15, -0.1) is 0 Å². The highest BCUT2D eigenvalue weighted by atomic mass is 16.5. The number of ether oxygens (including phenoxy) is 1. The molecule has 3 rings (SSSR count). The molecule has 0 saturated carbocycles. The highest BCUT2D eigenvalue weighted by molar-refractivity contribution is 6.03. The minimum absolute atomic E-state index is 0.216. The molecule has 0 fully saturated rings. The Morgan fingerprint density at radius 1 is 1.17 bits per heavy atom. The van der Waals surface area contributed by atoms with Crippen LogP contribution < -0.4 is 15.4 Å². The second kappa shape index (κ2) is 8.40. The predicted molar refractivity (Wildman–Crippen MR) is 107 cm³/mol. The molecule has 0 radical (unpaired) electrons. The summed E-state index contributed by atoms with van der Waals surface area (Å²) in [6, 6.07) is 7.68. The molecular weight excluding hydrogens is 386 g/mol. The number of hydrogen-bond donors (Lipinski definition) is 2. The Morgan fingerprint density at radius 3 is 2.60 bits per heavy atom. The van der Waals surface area contributed by atoms with Crippen molar-refractivity contribution in [2.24, 2.45) is 12.5 Å². The van der Waals surface area contributed by atoms with Gasteiger partial charge in [-0.2, -0.15) is 10.4 Å². The molecule has 0 aliphatic carbocycles. The maximum atomic E-state index is 11.9. The van der Waals surface area contributed by atoms with Crippen LogP contribution in [-0.4, -0.2) is 31.7 Å². The number of anilines is 1. The first-order valence-electron chi connectivity index (χ1n) is 8.89. The zero-order chi connectivity index (χ0) is 21.7. The lowest BCUT2D eigenvalue weighted by Gasteiger charge is -2.14. The third-order valence-electron chi connectivity index (χ3n) is 4.02. The summed E-state index contributed by atoms with van der Waals surface area (Å²) in [6.07, 6.45) is 6.62. The van der Waals surface area contributed by atoms with Crippen LogP contribution in [0.5, 0.6) is 11.5 Å². The van der Waals surface area contributed by atoms with E-state index in [0.717, 1.165) is 5.56 Å². The van der Waals surface area contributed by atoms with Gasteiger partial charge in [-0.25, -0.2) is 9.78 Å². The Kier molecular flexibility index (Phi) is 5.73. The van der Waals surface area contributed by atoms with Crippen LogP contribution in [0.3, 0.4) is 0 Å². The van der Waals surface area contributed by atoms with E-state index in [9.17, 15) is 9.59 Å². The molecule has 0 atom stereocenters. The summed E-state index contributed by atoms with van der Waals surface area (Å²) < 4.78 is 7.47. The summed E-state index contributed by atoms with van der Waals surface area (Å²) in [6.45, 7) is 2.83. The van der Waals surface area contributed by atoms with Crippen molar-refractivity contribution >= 4 is 17.8 Å². The van der Waals surface area contributed by atoms with Crippen molar-refractivity contribution in [3.05, 3.63) is 49.1 Å². The summed E-state index contributed by atoms with van der Waals surface area (Å²) in [7, 11) is 1.83. The van der Waals surface area contributed by atoms with Gasteiger partial charge in [0.1, 0.15) is 22.7 Å².